The molecule has 7 rings (SSSR count). The Bertz CT molecular complexity index is 1930. The molecule has 50 heavy (non-hydrogen) atoms. The van der Waals surface area contributed by atoms with Crippen molar-refractivity contribution in [1.82, 2.24) is 4.98 Å². The number of hydrogen-bond donors (Lipinski definition) is 1. The number of benzene rings is 2. The van der Waals surface area contributed by atoms with E-state index in [2.05, 4.69) is 18.8 Å². The number of aliphatic hydroxyl groups excluding tert-OH is 1. The molecule has 262 valence electrons. The summed E-state index contributed by atoms with van der Waals surface area (Å²) in [7, 11) is 1.63. The molecule has 0 saturated heterocycles. The fourth-order valence-corrected chi connectivity index (χ4v) is 9.03. The Morgan fingerprint density at radius 3 is 2.58 bits per heavy atom. The lowest BCUT2D eigenvalue weighted by molar-refractivity contribution is -0.258. The summed E-state index contributed by atoms with van der Waals surface area (Å²) in [5, 5.41) is 12.3. The Balaban J connectivity index is 1.28. The van der Waals surface area contributed by atoms with Gasteiger partial charge in [0.2, 0.25) is 0 Å². The van der Waals surface area contributed by atoms with Crippen LogP contribution >= 0.6 is 0 Å². The molecule has 1 aliphatic heterocycles. The van der Waals surface area contributed by atoms with E-state index in [0.717, 1.165) is 11.1 Å². The topological polar surface area (TPSA) is 117 Å². The van der Waals surface area contributed by atoms with Gasteiger partial charge in [0.15, 0.2) is 6.29 Å². The molecule has 3 heterocycles. The third-order valence-corrected chi connectivity index (χ3v) is 11.5. The van der Waals surface area contributed by atoms with E-state index in [1.54, 1.807) is 37.7 Å². The first-order valence-corrected chi connectivity index (χ1v) is 17.1. The fraction of sp³-hybridized carbons (Fsp3) is 0.425. The molecule has 9 nitrogen and oxygen atoms in total. The van der Waals surface area contributed by atoms with E-state index >= 15 is 0 Å². The number of aromatic nitrogens is 1. The van der Waals surface area contributed by atoms with E-state index in [-0.39, 0.29) is 40.6 Å². The van der Waals surface area contributed by atoms with Crippen LogP contribution in [0, 0.1) is 35.9 Å². The van der Waals surface area contributed by atoms with Crippen LogP contribution in [0.4, 0.5) is 4.39 Å². The molecule has 3 aliphatic rings. The molecule has 2 aliphatic carbocycles. The second-order valence-corrected chi connectivity index (χ2v) is 14.4. The van der Waals surface area contributed by atoms with E-state index < -0.39 is 52.8 Å². The minimum Gasteiger partial charge on any atom is -0.482 e. The summed E-state index contributed by atoms with van der Waals surface area (Å²) < 4.78 is 45.1. The number of pyridine rings is 1. The summed E-state index contributed by atoms with van der Waals surface area (Å²) in [4.78, 5) is 31.4. The highest BCUT2D eigenvalue weighted by Gasteiger charge is 2.68. The predicted molar refractivity (Wildman–Crippen MR) is 182 cm³/mol. The average Bonchev–Trinajstić information content (AvgIpc) is 3.09. The van der Waals surface area contributed by atoms with Crippen LogP contribution in [0.15, 0.2) is 88.3 Å². The lowest BCUT2D eigenvalue weighted by atomic mass is 9.46. The smallest absolute Gasteiger partial charge is 0.345 e. The predicted octanol–water partition coefficient (Wildman–Crippen LogP) is 7.36. The van der Waals surface area contributed by atoms with Crippen molar-refractivity contribution in [2.24, 2.45) is 23.2 Å². The number of ether oxygens (including phenoxy) is 4. The van der Waals surface area contributed by atoms with Crippen LogP contribution in [-0.4, -0.2) is 41.0 Å². The van der Waals surface area contributed by atoms with Crippen molar-refractivity contribution in [2.45, 2.75) is 77.2 Å². The maximum Gasteiger partial charge on any atom is 0.345 e. The molecule has 0 amide bonds. The first-order valence-electron chi connectivity index (χ1n) is 17.1. The third kappa shape index (κ3) is 5.83. The zero-order chi connectivity index (χ0) is 35.4. The van der Waals surface area contributed by atoms with Crippen molar-refractivity contribution in [1.29, 1.82) is 0 Å². The van der Waals surface area contributed by atoms with Gasteiger partial charge in [-0.2, -0.15) is 0 Å². The van der Waals surface area contributed by atoms with E-state index in [1.165, 1.54) is 24.3 Å². The number of halogens is 1. The van der Waals surface area contributed by atoms with E-state index in [0.29, 0.717) is 24.8 Å². The number of carbonyl (C=O) groups excluding carboxylic acids is 1. The molecule has 1 N–H and O–H groups in total. The van der Waals surface area contributed by atoms with Gasteiger partial charge in [-0.15, -0.1) is 0 Å². The number of esters is 1. The first kappa shape index (κ1) is 34.1. The summed E-state index contributed by atoms with van der Waals surface area (Å²) in [6.45, 7) is 8.12. The standard InChI is InChI=1S/C40H42FNO8/c1-22-8-6-9-25(18-22)38(46-5)48-29-15-16-39(3)28(23(29)2)19-32(49-36(44)24-11-13-27(41)14-12-24)40(4)35(39)34(43)33-31(50-40)20-30(47-37(33)45)26-10-7-17-42-21-26/h6-14,17-18,20-21,23,28-29,32,34-35,38,43H,15-16,19H2,1-5H3. The molecule has 10 heteroatoms. The zero-order valence-electron chi connectivity index (χ0n) is 28.8. The first-order chi connectivity index (χ1) is 23.9. The highest BCUT2D eigenvalue weighted by Crippen LogP contribution is 2.65. The molecule has 9 unspecified atom stereocenters. The fourth-order valence-electron chi connectivity index (χ4n) is 9.03. The van der Waals surface area contributed by atoms with Crippen molar-refractivity contribution in [3.63, 3.8) is 0 Å². The van der Waals surface area contributed by atoms with Gasteiger partial charge in [-0.1, -0.05) is 43.7 Å². The Morgan fingerprint density at radius 2 is 1.88 bits per heavy atom. The lowest BCUT2D eigenvalue weighted by Crippen LogP contribution is -2.69. The van der Waals surface area contributed by atoms with Gasteiger partial charge in [0.05, 0.1) is 17.8 Å². The quantitative estimate of drug-likeness (QED) is 0.158. The van der Waals surface area contributed by atoms with Crippen molar-refractivity contribution < 1.29 is 37.7 Å². The number of aryl methyl sites for hydroxylation is 1. The van der Waals surface area contributed by atoms with Gasteiger partial charge in [0.1, 0.15) is 34.6 Å². The monoisotopic (exact) mass is 683 g/mol. The Kier molecular flexibility index (Phi) is 8.90. The highest BCUT2D eigenvalue weighted by atomic mass is 19.1. The van der Waals surface area contributed by atoms with E-state index in [9.17, 15) is 19.1 Å². The Hall–Kier alpha value is -4.38. The van der Waals surface area contributed by atoms with Crippen LogP contribution in [-0.2, 0) is 14.2 Å². The number of hydrogen-bond acceptors (Lipinski definition) is 9. The second-order valence-electron chi connectivity index (χ2n) is 14.4. The molecule has 2 saturated carbocycles. The molecule has 0 bridgehead atoms. The minimum absolute atomic E-state index is 0.0375. The van der Waals surface area contributed by atoms with Gasteiger partial charge in [0.25, 0.3) is 0 Å². The van der Waals surface area contributed by atoms with Crippen LogP contribution in [0.2, 0.25) is 0 Å². The summed E-state index contributed by atoms with van der Waals surface area (Å²) in [6, 6.07) is 18.3. The summed E-state index contributed by atoms with van der Waals surface area (Å²) >= 11 is 0. The zero-order valence-corrected chi connectivity index (χ0v) is 28.8. The number of methoxy groups -OCH3 is 1. The van der Waals surface area contributed by atoms with Gasteiger partial charge in [-0.25, -0.2) is 14.0 Å². The molecule has 2 aromatic heterocycles. The van der Waals surface area contributed by atoms with Crippen LogP contribution in [0.25, 0.3) is 11.3 Å². The molecule has 9 atom stereocenters. The van der Waals surface area contributed by atoms with Gasteiger partial charge in [-0.3, -0.25) is 4.98 Å². The molecule has 0 radical (unpaired) electrons. The van der Waals surface area contributed by atoms with Crippen molar-refractivity contribution in [3.05, 3.63) is 118 Å². The van der Waals surface area contributed by atoms with Crippen molar-refractivity contribution in [3.8, 4) is 17.1 Å². The van der Waals surface area contributed by atoms with Crippen molar-refractivity contribution in [2.75, 3.05) is 7.11 Å². The second kappa shape index (κ2) is 13.1. The number of rotatable bonds is 7. The number of fused-ring (bicyclic) bond motifs is 4. The highest BCUT2D eigenvalue weighted by molar-refractivity contribution is 5.89. The van der Waals surface area contributed by atoms with Crippen LogP contribution in [0.5, 0.6) is 5.75 Å². The number of nitrogens with zero attached hydrogens (tertiary/aromatic N) is 1. The average molecular weight is 684 g/mol. The maximum absolute atomic E-state index is 13.8. The van der Waals surface area contributed by atoms with E-state index in [4.69, 9.17) is 23.4 Å². The lowest BCUT2D eigenvalue weighted by Gasteiger charge is -2.64. The molecule has 2 aromatic carbocycles. The van der Waals surface area contributed by atoms with Crippen molar-refractivity contribution >= 4 is 5.97 Å². The normalized spacial score (nSPS) is 30.6. The SMILES string of the molecule is COC(OC1CCC2(C)C(CC(OC(=O)c3ccc(F)cc3)C3(C)Oc4cc(-c5cccnc5)oc(=O)c4C(O)C23)C1C)c1cccc(C)c1. The van der Waals surface area contributed by atoms with Gasteiger partial charge in [-0.05, 0) is 86.8 Å². The number of aliphatic hydroxyl groups is 1. The van der Waals surface area contributed by atoms with Gasteiger partial charge >= 0.3 is 11.6 Å². The molecular weight excluding hydrogens is 641 g/mol. The minimum atomic E-state index is -1.29. The maximum atomic E-state index is 13.8. The molecule has 2 fully saturated rings. The van der Waals surface area contributed by atoms with Crippen LogP contribution in [0.3, 0.4) is 0 Å². The Labute approximate surface area is 290 Å². The molecular formula is C40H42FNO8. The van der Waals surface area contributed by atoms with Gasteiger partial charge in [0, 0.05) is 42.6 Å². The largest absolute Gasteiger partial charge is 0.482 e. The third-order valence-electron chi connectivity index (χ3n) is 11.5. The number of carbonyl (C=O) groups is 1. The summed E-state index contributed by atoms with van der Waals surface area (Å²) in [5.41, 5.74) is 0.291. The van der Waals surface area contributed by atoms with Crippen LogP contribution < -0.4 is 10.4 Å². The Morgan fingerprint density at radius 1 is 1.10 bits per heavy atom. The molecule has 4 aromatic rings. The van der Waals surface area contributed by atoms with Gasteiger partial charge < -0.3 is 28.5 Å². The summed E-state index contributed by atoms with van der Waals surface area (Å²) in [6.07, 6.45) is 1.97. The molecule has 0 spiro atoms. The van der Waals surface area contributed by atoms with E-state index in [1.807, 2.05) is 38.1 Å². The summed E-state index contributed by atoms with van der Waals surface area (Å²) in [5.74, 6) is -1.56. The van der Waals surface area contributed by atoms with Crippen LogP contribution in [0.1, 0.15) is 79.5 Å².